The molecule has 326 valence electrons. The average Bonchev–Trinajstić information content (AvgIpc) is 4.23. The van der Waals surface area contributed by atoms with Crippen molar-refractivity contribution in [3.05, 3.63) is 257 Å². The molecule has 0 saturated carbocycles. The van der Waals surface area contributed by atoms with Gasteiger partial charge in [-0.05, 0) is 146 Å². The molecule has 9 aromatic carbocycles. The van der Waals surface area contributed by atoms with Gasteiger partial charge in [0, 0.05) is 39.0 Å². The van der Waals surface area contributed by atoms with E-state index in [-0.39, 0.29) is 18.0 Å². The van der Waals surface area contributed by atoms with Crippen LogP contribution < -0.4 is 9.80 Å². The molecule has 69 heavy (non-hydrogen) atoms. The second-order valence-corrected chi connectivity index (χ2v) is 20.4. The first-order valence-electron chi connectivity index (χ1n) is 24.2. The lowest BCUT2D eigenvalue weighted by Gasteiger charge is -2.27. The van der Waals surface area contributed by atoms with Crippen molar-refractivity contribution in [2.75, 3.05) is 9.80 Å². The van der Waals surface area contributed by atoms with Crippen LogP contribution in [0.25, 0.3) is 55.9 Å². The number of fused-ring (bicyclic) bond motifs is 13. The summed E-state index contributed by atoms with van der Waals surface area (Å²) in [5.74, 6) is 1.01. The van der Waals surface area contributed by atoms with Crippen molar-refractivity contribution in [3.8, 4) is 55.9 Å². The molecule has 0 radical (unpaired) electrons. The van der Waals surface area contributed by atoms with Crippen LogP contribution in [0, 0.1) is 0 Å². The van der Waals surface area contributed by atoms with E-state index in [1.807, 2.05) is 11.8 Å². The minimum Gasteiger partial charge on any atom is -0.332 e. The summed E-state index contributed by atoms with van der Waals surface area (Å²) < 4.78 is 0. The molecule has 3 aliphatic heterocycles. The van der Waals surface area contributed by atoms with Crippen molar-refractivity contribution in [1.29, 1.82) is 0 Å². The number of para-hydroxylation sites is 1. The van der Waals surface area contributed by atoms with Gasteiger partial charge in [-0.2, -0.15) is 0 Å². The van der Waals surface area contributed by atoms with Gasteiger partial charge in [0.1, 0.15) is 0 Å². The number of thioether (sulfide) groups is 1. The Morgan fingerprint density at radius 2 is 0.928 bits per heavy atom. The zero-order valence-electron chi connectivity index (χ0n) is 37.7. The fraction of sp³-hybridized carbons (Fsp3) is 0.0938. The molecule has 0 N–H and O–H groups in total. The molecule has 4 unspecified atom stereocenters. The largest absolute Gasteiger partial charge is 0.332 e. The number of anilines is 4. The summed E-state index contributed by atoms with van der Waals surface area (Å²) in [4.78, 5) is 17.2. The summed E-state index contributed by atoms with van der Waals surface area (Å²) in [6.07, 6.45) is 1.94. The molecule has 5 heteroatoms. The summed E-state index contributed by atoms with van der Waals surface area (Å²) in [6, 6.07) is 81.1. The van der Waals surface area contributed by atoms with Gasteiger partial charge in [-0.15, -0.1) is 11.8 Å². The molecular weight excluding hydrogens is 857 g/mol. The van der Waals surface area contributed by atoms with E-state index in [0.717, 1.165) is 41.3 Å². The molecule has 0 fully saturated rings. The van der Waals surface area contributed by atoms with Crippen molar-refractivity contribution in [2.24, 2.45) is 0 Å². The minimum atomic E-state index is 0.0977. The Hall–Kier alpha value is -7.99. The standard InChI is InChI=1S/C64H44N4S/c1-4-14-39(15-5-1)56-38-57(40-16-6-2-7-17-40)66-64(65-56)68-58-30-28-43(35-53(58)54-37-45-18-10-11-21-49(45)61(54)68)41-24-26-46-32-47-27-25-42(34-52(47)51(46)33-41)44-29-31-59-55(36-44)63-62(50-22-12-13-23-60(50)69-63)67(59)48-19-8-3-9-20-48/h1-31,33-36,38,54,61-63H,32,37H2. The van der Waals surface area contributed by atoms with Gasteiger partial charge in [-0.1, -0.05) is 158 Å². The van der Waals surface area contributed by atoms with Gasteiger partial charge >= 0.3 is 0 Å². The first-order valence-corrected chi connectivity index (χ1v) is 25.1. The van der Waals surface area contributed by atoms with E-state index in [4.69, 9.17) is 9.97 Å². The molecule has 10 aromatic rings. The van der Waals surface area contributed by atoms with Gasteiger partial charge in [0.15, 0.2) is 0 Å². The maximum atomic E-state index is 5.38. The third-order valence-corrected chi connectivity index (χ3v) is 16.9. The van der Waals surface area contributed by atoms with E-state index in [1.165, 1.54) is 94.3 Å². The Balaban J connectivity index is 0.802. The Bertz CT molecular complexity index is 3640. The predicted octanol–water partition coefficient (Wildman–Crippen LogP) is 16.3. The maximum absolute atomic E-state index is 5.38. The Morgan fingerprint density at radius 1 is 0.391 bits per heavy atom. The van der Waals surface area contributed by atoms with E-state index in [2.05, 4.69) is 228 Å². The van der Waals surface area contributed by atoms with Crippen LogP contribution in [0.3, 0.4) is 0 Å². The van der Waals surface area contributed by atoms with Crippen LogP contribution in [0.5, 0.6) is 0 Å². The van der Waals surface area contributed by atoms with E-state index < -0.39 is 0 Å². The fourth-order valence-electron chi connectivity index (χ4n) is 12.3. The van der Waals surface area contributed by atoms with Crippen LogP contribution in [0.15, 0.2) is 223 Å². The molecule has 1 aromatic heterocycles. The van der Waals surface area contributed by atoms with Crippen LogP contribution in [0.1, 0.15) is 62.2 Å². The molecule has 15 rings (SSSR count). The average molecular weight is 901 g/mol. The van der Waals surface area contributed by atoms with E-state index in [1.54, 1.807) is 0 Å². The molecule has 4 atom stereocenters. The van der Waals surface area contributed by atoms with Crippen molar-refractivity contribution < 1.29 is 0 Å². The Labute approximate surface area is 406 Å². The Kier molecular flexibility index (Phi) is 8.64. The van der Waals surface area contributed by atoms with Gasteiger partial charge in [0.05, 0.1) is 28.7 Å². The highest BCUT2D eigenvalue weighted by molar-refractivity contribution is 8.00. The lowest BCUT2D eigenvalue weighted by Crippen LogP contribution is -2.22. The van der Waals surface area contributed by atoms with E-state index in [9.17, 15) is 0 Å². The normalized spacial score (nSPS) is 18.5. The highest BCUT2D eigenvalue weighted by atomic mass is 32.2. The summed E-state index contributed by atoms with van der Waals surface area (Å²) in [5.41, 5.74) is 25.2. The van der Waals surface area contributed by atoms with E-state index >= 15 is 0 Å². The highest BCUT2D eigenvalue weighted by Gasteiger charge is 2.48. The first-order chi connectivity index (χ1) is 34.2. The van der Waals surface area contributed by atoms with Gasteiger partial charge in [0.2, 0.25) is 5.95 Å². The second kappa shape index (κ2) is 15.3. The summed E-state index contributed by atoms with van der Waals surface area (Å²) in [7, 11) is 0. The number of rotatable bonds is 6. The van der Waals surface area contributed by atoms with Crippen molar-refractivity contribution in [2.45, 2.75) is 41.0 Å². The second-order valence-electron chi connectivity index (χ2n) is 19.2. The number of nitrogens with zero attached hydrogens (tertiary/aromatic N) is 4. The number of hydrogen-bond acceptors (Lipinski definition) is 5. The van der Waals surface area contributed by atoms with Crippen molar-refractivity contribution in [1.82, 2.24) is 9.97 Å². The number of aromatic nitrogens is 2. The molecule has 0 saturated heterocycles. The molecule has 5 aliphatic rings. The number of hydrogen-bond donors (Lipinski definition) is 0. The SMILES string of the molecule is c1ccc(-c2cc(-c3ccccc3)nc(N3c4ccc(-c5ccc6c(c5)-c5cc(-c7ccc8c(c7)C7Sc9ccccc9C7N8c7ccccc7)ccc5C6)cc4C4Cc5ccccc5C43)n2)cc1. The molecule has 4 nitrogen and oxygen atoms in total. The molecule has 0 amide bonds. The number of benzene rings is 9. The molecule has 2 aliphatic carbocycles. The Morgan fingerprint density at radius 3 is 1.59 bits per heavy atom. The molecule has 4 heterocycles. The monoisotopic (exact) mass is 900 g/mol. The lowest BCUT2D eigenvalue weighted by molar-refractivity contribution is 0.625. The van der Waals surface area contributed by atoms with Gasteiger partial charge in [0.25, 0.3) is 0 Å². The van der Waals surface area contributed by atoms with Crippen LogP contribution in [-0.2, 0) is 12.8 Å². The van der Waals surface area contributed by atoms with Crippen LogP contribution >= 0.6 is 11.8 Å². The third-order valence-electron chi connectivity index (χ3n) is 15.5. The summed E-state index contributed by atoms with van der Waals surface area (Å²) in [5, 5.41) is 0.335. The highest BCUT2D eigenvalue weighted by Crippen LogP contribution is 2.65. The van der Waals surface area contributed by atoms with Gasteiger partial charge in [-0.3, -0.25) is 0 Å². The molecule has 0 spiro atoms. The van der Waals surface area contributed by atoms with Crippen molar-refractivity contribution >= 4 is 34.8 Å². The zero-order chi connectivity index (χ0) is 45.2. The minimum absolute atomic E-state index is 0.0977. The summed E-state index contributed by atoms with van der Waals surface area (Å²) in [6.45, 7) is 0. The van der Waals surface area contributed by atoms with Gasteiger partial charge in [-0.25, -0.2) is 9.97 Å². The van der Waals surface area contributed by atoms with Gasteiger partial charge < -0.3 is 9.80 Å². The molecule has 0 bridgehead atoms. The van der Waals surface area contributed by atoms with Crippen LogP contribution in [0.4, 0.5) is 23.0 Å². The topological polar surface area (TPSA) is 32.3 Å². The quantitative estimate of drug-likeness (QED) is 0.166. The third kappa shape index (κ3) is 6.10. The lowest BCUT2D eigenvalue weighted by atomic mass is 9.91. The predicted molar refractivity (Wildman–Crippen MR) is 283 cm³/mol. The fourth-order valence-corrected chi connectivity index (χ4v) is 13.8. The zero-order valence-corrected chi connectivity index (χ0v) is 38.5. The van der Waals surface area contributed by atoms with Crippen LogP contribution in [-0.4, -0.2) is 9.97 Å². The smallest absolute Gasteiger partial charge is 0.231 e. The van der Waals surface area contributed by atoms with E-state index in [0.29, 0.717) is 5.25 Å². The first kappa shape index (κ1) is 39.0. The van der Waals surface area contributed by atoms with Crippen LogP contribution in [0.2, 0.25) is 0 Å². The van der Waals surface area contributed by atoms with Crippen molar-refractivity contribution in [3.63, 3.8) is 0 Å². The maximum Gasteiger partial charge on any atom is 0.231 e. The molecular formula is C64H44N4S. The summed E-state index contributed by atoms with van der Waals surface area (Å²) >= 11 is 2.02.